The summed E-state index contributed by atoms with van der Waals surface area (Å²) in [6.07, 6.45) is 6.70. The van der Waals surface area contributed by atoms with Crippen LogP contribution < -0.4 is 5.73 Å². The highest BCUT2D eigenvalue weighted by molar-refractivity contribution is 5.37. The number of rotatable bonds is 4. The highest BCUT2D eigenvalue weighted by atomic mass is 15.2. The van der Waals surface area contributed by atoms with Crippen LogP contribution in [0.1, 0.15) is 50.2 Å². The largest absolute Gasteiger partial charge is 0.320 e. The predicted octanol–water partition coefficient (Wildman–Crippen LogP) is 3.15. The van der Waals surface area contributed by atoms with Crippen LogP contribution in [0.3, 0.4) is 0 Å². The summed E-state index contributed by atoms with van der Waals surface area (Å²) < 4.78 is 0. The lowest BCUT2D eigenvalue weighted by Gasteiger charge is -2.35. The minimum atomic E-state index is 0.426. The second-order valence-corrected chi connectivity index (χ2v) is 5.62. The van der Waals surface area contributed by atoms with Crippen LogP contribution in [0.25, 0.3) is 0 Å². The summed E-state index contributed by atoms with van der Waals surface area (Å²) >= 11 is 0. The van der Waals surface area contributed by atoms with Gasteiger partial charge in [-0.25, -0.2) is 0 Å². The first-order valence-corrected chi connectivity index (χ1v) is 7.85. The normalized spacial score (nSPS) is 19.4. The molecular weight excluding hydrogens is 244 g/mol. The molecule has 1 saturated heterocycles. The van der Waals surface area contributed by atoms with Crippen LogP contribution >= 0.6 is 0 Å². The van der Waals surface area contributed by atoms with E-state index in [0.29, 0.717) is 6.54 Å². The maximum atomic E-state index is 5.43. The summed E-state index contributed by atoms with van der Waals surface area (Å²) in [5.41, 5.74) is 7.89. The maximum absolute atomic E-state index is 5.43. The van der Waals surface area contributed by atoms with E-state index in [-0.39, 0.29) is 0 Å². The molecule has 1 aliphatic rings. The quantitative estimate of drug-likeness (QED) is 0.852. The molecule has 2 heteroatoms. The molecule has 2 N–H and O–H groups in total. The molecule has 0 saturated carbocycles. The lowest BCUT2D eigenvalue weighted by atomic mass is 9.97. The molecule has 0 bridgehead atoms. The Hall–Kier alpha value is -1.30. The molecule has 1 heterocycles. The number of hydrogen-bond donors (Lipinski definition) is 1. The molecule has 1 aliphatic heterocycles. The Morgan fingerprint density at radius 2 is 2.25 bits per heavy atom. The first-order valence-electron chi connectivity index (χ1n) is 7.85. The minimum absolute atomic E-state index is 0.426. The molecule has 0 aliphatic carbocycles. The zero-order valence-corrected chi connectivity index (χ0v) is 12.6. The van der Waals surface area contributed by atoms with E-state index in [2.05, 4.69) is 47.9 Å². The monoisotopic (exact) mass is 270 g/mol. The van der Waals surface area contributed by atoms with Gasteiger partial charge in [-0.05, 0) is 43.5 Å². The molecule has 1 unspecified atom stereocenters. The highest BCUT2D eigenvalue weighted by Gasteiger charge is 2.21. The minimum Gasteiger partial charge on any atom is -0.320 e. The van der Waals surface area contributed by atoms with E-state index in [9.17, 15) is 0 Å². The second kappa shape index (κ2) is 8.09. The van der Waals surface area contributed by atoms with Crippen molar-refractivity contribution in [3.05, 3.63) is 35.4 Å². The number of likely N-dealkylation sites (tertiary alicyclic amines) is 1. The average molecular weight is 270 g/mol. The molecule has 1 aromatic carbocycles. The standard InChI is InChI=1S/C18H26N2/c1-2-7-18-11-3-4-13-20(18)15-17-9-5-8-16(14-17)10-6-12-19/h5,8-9,14,18H,2-4,7,11-13,15,19H2,1H3. The van der Waals surface area contributed by atoms with Gasteiger partial charge in [0.1, 0.15) is 0 Å². The topological polar surface area (TPSA) is 29.3 Å². The van der Waals surface area contributed by atoms with Gasteiger partial charge in [0.2, 0.25) is 0 Å². The smallest absolute Gasteiger partial charge is 0.0555 e. The van der Waals surface area contributed by atoms with E-state index in [0.717, 1.165) is 18.2 Å². The van der Waals surface area contributed by atoms with Crippen LogP contribution in [0, 0.1) is 11.8 Å². The van der Waals surface area contributed by atoms with E-state index < -0.39 is 0 Å². The lowest BCUT2D eigenvalue weighted by molar-refractivity contribution is 0.131. The summed E-state index contributed by atoms with van der Waals surface area (Å²) in [4.78, 5) is 2.66. The van der Waals surface area contributed by atoms with Gasteiger partial charge in [0, 0.05) is 18.2 Å². The summed E-state index contributed by atoms with van der Waals surface area (Å²) in [5, 5.41) is 0. The number of nitrogens with two attached hydrogens (primary N) is 1. The molecular formula is C18H26N2. The average Bonchev–Trinajstić information content (AvgIpc) is 2.48. The summed E-state index contributed by atoms with van der Waals surface area (Å²) in [5.74, 6) is 6.05. The fraction of sp³-hybridized carbons (Fsp3) is 0.556. The van der Waals surface area contributed by atoms with Gasteiger partial charge in [-0.2, -0.15) is 0 Å². The Balaban J connectivity index is 2.04. The van der Waals surface area contributed by atoms with Crippen molar-refractivity contribution in [3.63, 3.8) is 0 Å². The Bertz CT molecular complexity index is 468. The second-order valence-electron chi connectivity index (χ2n) is 5.62. The van der Waals surface area contributed by atoms with Crippen LogP contribution in [0.4, 0.5) is 0 Å². The van der Waals surface area contributed by atoms with Crippen LogP contribution in [0.5, 0.6) is 0 Å². The van der Waals surface area contributed by atoms with E-state index in [1.54, 1.807) is 0 Å². The molecule has 108 valence electrons. The van der Waals surface area contributed by atoms with Gasteiger partial charge >= 0.3 is 0 Å². The number of piperidine rings is 1. The van der Waals surface area contributed by atoms with Crippen LogP contribution in [0.15, 0.2) is 24.3 Å². The number of hydrogen-bond acceptors (Lipinski definition) is 2. The predicted molar refractivity (Wildman–Crippen MR) is 85.3 cm³/mol. The third-order valence-electron chi connectivity index (χ3n) is 4.02. The van der Waals surface area contributed by atoms with E-state index in [1.807, 2.05) is 0 Å². The molecule has 0 radical (unpaired) electrons. The van der Waals surface area contributed by atoms with Crippen LogP contribution in [-0.4, -0.2) is 24.0 Å². The number of benzene rings is 1. The van der Waals surface area contributed by atoms with Gasteiger partial charge in [-0.15, -0.1) is 0 Å². The third kappa shape index (κ3) is 4.37. The molecule has 0 aromatic heterocycles. The van der Waals surface area contributed by atoms with E-state index in [4.69, 9.17) is 5.73 Å². The lowest BCUT2D eigenvalue weighted by Crippen LogP contribution is -2.38. The van der Waals surface area contributed by atoms with Gasteiger partial charge in [0.05, 0.1) is 6.54 Å². The molecule has 1 aromatic rings. The van der Waals surface area contributed by atoms with Crippen LogP contribution in [0.2, 0.25) is 0 Å². The molecule has 2 rings (SSSR count). The maximum Gasteiger partial charge on any atom is 0.0555 e. The van der Waals surface area contributed by atoms with Crippen molar-refractivity contribution >= 4 is 0 Å². The van der Waals surface area contributed by atoms with Crippen molar-refractivity contribution in [3.8, 4) is 11.8 Å². The fourth-order valence-electron chi connectivity index (χ4n) is 3.06. The van der Waals surface area contributed by atoms with Crippen LogP contribution in [-0.2, 0) is 6.54 Å². The van der Waals surface area contributed by atoms with Crippen molar-refractivity contribution in [2.24, 2.45) is 5.73 Å². The van der Waals surface area contributed by atoms with E-state index in [1.165, 1.54) is 44.2 Å². The van der Waals surface area contributed by atoms with E-state index >= 15 is 0 Å². The van der Waals surface area contributed by atoms with Crippen molar-refractivity contribution in [2.75, 3.05) is 13.1 Å². The molecule has 20 heavy (non-hydrogen) atoms. The van der Waals surface area contributed by atoms with Crippen molar-refractivity contribution in [1.29, 1.82) is 0 Å². The summed E-state index contributed by atoms with van der Waals surface area (Å²) in [6, 6.07) is 9.36. The van der Waals surface area contributed by atoms with Crippen molar-refractivity contribution < 1.29 is 0 Å². The first kappa shape index (κ1) is 15.1. The van der Waals surface area contributed by atoms with Crippen molar-refractivity contribution in [2.45, 2.75) is 51.6 Å². The zero-order chi connectivity index (χ0) is 14.2. The van der Waals surface area contributed by atoms with Gasteiger partial charge in [-0.1, -0.05) is 43.7 Å². The Kier molecular flexibility index (Phi) is 6.11. The summed E-state index contributed by atoms with van der Waals surface area (Å²) in [6.45, 7) is 5.01. The Morgan fingerprint density at radius 1 is 1.35 bits per heavy atom. The zero-order valence-electron chi connectivity index (χ0n) is 12.6. The van der Waals surface area contributed by atoms with Gasteiger partial charge < -0.3 is 5.73 Å². The SMILES string of the molecule is CCCC1CCCCN1Cc1cccc(C#CCN)c1. The fourth-order valence-corrected chi connectivity index (χ4v) is 3.06. The van der Waals surface area contributed by atoms with Gasteiger partial charge in [-0.3, -0.25) is 4.90 Å². The molecule has 0 amide bonds. The number of nitrogens with zero attached hydrogens (tertiary/aromatic N) is 1. The first-order chi connectivity index (χ1) is 9.83. The summed E-state index contributed by atoms with van der Waals surface area (Å²) in [7, 11) is 0. The molecule has 0 spiro atoms. The Labute approximate surface area is 123 Å². The van der Waals surface area contributed by atoms with Crippen molar-refractivity contribution in [1.82, 2.24) is 4.90 Å². The van der Waals surface area contributed by atoms with Gasteiger partial charge in [0.15, 0.2) is 0 Å². The molecule has 1 fully saturated rings. The molecule has 1 atom stereocenters. The third-order valence-corrected chi connectivity index (χ3v) is 4.02. The Morgan fingerprint density at radius 3 is 3.05 bits per heavy atom. The van der Waals surface area contributed by atoms with Gasteiger partial charge in [0.25, 0.3) is 0 Å². The highest BCUT2D eigenvalue weighted by Crippen LogP contribution is 2.23. The molecule has 2 nitrogen and oxygen atoms in total.